The average molecular weight is 375 g/mol. The molecule has 1 atom stereocenters. The molecule has 5 heteroatoms. The number of hydrogen-bond donors (Lipinski definition) is 2. The number of nitrogens with one attached hydrogen (secondary N) is 1. The Morgan fingerprint density at radius 3 is 2.68 bits per heavy atom. The number of nitrogens with zero attached hydrogens (tertiary/aromatic N) is 2. The third kappa shape index (κ3) is 2.87. The van der Waals surface area contributed by atoms with E-state index in [9.17, 15) is 9.90 Å². The molecule has 0 fully saturated rings. The first-order chi connectivity index (χ1) is 13.5. The summed E-state index contributed by atoms with van der Waals surface area (Å²) in [6.07, 6.45) is 3.21. The van der Waals surface area contributed by atoms with Gasteiger partial charge in [-0.05, 0) is 48.6 Å². The van der Waals surface area contributed by atoms with Crippen LogP contribution in [0.1, 0.15) is 54.9 Å². The van der Waals surface area contributed by atoms with Gasteiger partial charge in [0.1, 0.15) is 0 Å². The van der Waals surface area contributed by atoms with Crippen LogP contribution in [0.15, 0.2) is 42.5 Å². The van der Waals surface area contributed by atoms with Crippen LogP contribution >= 0.6 is 0 Å². The largest absolute Gasteiger partial charge is 0.478 e. The number of aromatic nitrogens is 3. The fourth-order valence-electron chi connectivity index (χ4n) is 4.26. The van der Waals surface area contributed by atoms with E-state index in [1.165, 1.54) is 5.56 Å². The molecule has 28 heavy (non-hydrogen) atoms. The van der Waals surface area contributed by atoms with Crippen LogP contribution in [-0.2, 0) is 7.05 Å². The van der Waals surface area contributed by atoms with Crippen LogP contribution in [0, 0.1) is 0 Å². The Kier molecular flexibility index (Phi) is 4.67. The predicted molar refractivity (Wildman–Crippen MR) is 113 cm³/mol. The van der Waals surface area contributed by atoms with Gasteiger partial charge in [0.15, 0.2) is 5.82 Å². The number of para-hydroxylation sites is 2. The van der Waals surface area contributed by atoms with Crippen molar-refractivity contribution in [2.24, 2.45) is 7.05 Å². The summed E-state index contributed by atoms with van der Waals surface area (Å²) in [5.41, 5.74) is 5.48. The summed E-state index contributed by atoms with van der Waals surface area (Å²) in [4.78, 5) is 19.8. The normalized spacial score (nSPS) is 12.7. The Balaban J connectivity index is 2.04. The van der Waals surface area contributed by atoms with E-state index in [-0.39, 0.29) is 0 Å². The molecule has 2 heterocycles. The molecule has 0 aliphatic rings. The monoisotopic (exact) mass is 375 g/mol. The number of aryl methyl sites for hydroxylation is 1. The number of imidazole rings is 1. The maximum Gasteiger partial charge on any atom is 0.335 e. The Hall–Kier alpha value is -3.08. The lowest BCUT2D eigenvalue weighted by Gasteiger charge is -2.16. The van der Waals surface area contributed by atoms with Crippen LogP contribution in [0.4, 0.5) is 0 Å². The van der Waals surface area contributed by atoms with Crippen molar-refractivity contribution in [1.82, 2.24) is 14.5 Å². The minimum absolute atomic E-state index is 0.305. The van der Waals surface area contributed by atoms with Gasteiger partial charge < -0.3 is 14.7 Å². The number of carboxylic acids is 1. The molecule has 0 radical (unpaired) electrons. The molecule has 0 aliphatic carbocycles. The number of carboxylic acid groups (broad SMARTS) is 1. The zero-order valence-electron chi connectivity index (χ0n) is 16.5. The molecule has 4 aromatic rings. The second-order valence-electron chi connectivity index (χ2n) is 7.35. The van der Waals surface area contributed by atoms with Crippen LogP contribution in [0.25, 0.3) is 33.5 Å². The summed E-state index contributed by atoms with van der Waals surface area (Å²) in [6, 6.07) is 13.4. The Bertz CT molecular complexity index is 1140. The summed E-state index contributed by atoms with van der Waals surface area (Å²) < 4.78 is 2.09. The fraction of sp³-hybridized carbons (Fsp3) is 0.304. The molecule has 5 nitrogen and oxygen atoms in total. The molecule has 1 unspecified atom stereocenters. The van der Waals surface area contributed by atoms with E-state index >= 15 is 0 Å². The van der Waals surface area contributed by atoms with E-state index in [2.05, 4.69) is 23.4 Å². The highest BCUT2D eigenvalue weighted by Crippen LogP contribution is 2.40. The topological polar surface area (TPSA) is 70.9 Å². The minimum Gasteiger partial charge on any atom is -0.478 e. The number of hydrogen-bond acceptors (Lipinski definition) is 2. The molecule has 0 bridgehead atoms. The minimum atomic E-state index is -0.907. The van der Waals surface area contributed by atoms with Crippen LogP contribution < -0.4 is 0 Å². The summed E-state index contributed by atoms with van der Waals surface area (Å²) in [6.45, 7) is 4.42. The molecule has 0 amide bonds. The summed E-state index contributed by atoms with van der Waals surface area (Å²) >= 11 is 0. The third-order valence-electron chi connectivity index (χ3n) is 5.64. The number of H-pyrrole nitrogens is 1. The lowest BCUT2D eigenvalue weighted by atomic mass is 9.89. The van der Waals surface area contributed by atoms with Gasteiger partial charge in [0.2, 0.25) is 0 Å². The summed E-state index contributed by atoms with van der Waals surface area (Å²) in [5, 5.41) is 10.5. The van der Waals surface area contributed by atoms with E-state index < -0.39 is 5.97 Å². The molecule has 0 saturated carbocycles. The van der Waals surface area contributed by atoms with E-state index in [1.54, 1.807) is 12.1 Å². The lowest BCUT2D eigenvalue weighted by molar-refractivity contribution is 0.0697. The Morgan fingerprint density at radius 2 is 2.00 bits per heavy atom. The number of fused-ring (bicyclic) bond motifs is 2. The van der Waals surface area contributed by atoms with Crippen molar-refractivity contribution >= 4 is 27.9 Å². The van der Waals surface area contributed by atoms with Crippen LogP contribution in [0.3, 0.4) is 0 Å². The molecule has 2 aromatic carbocycles. The van der Waals surface area contributed by atoms with Gasteiger partial charge in [0, 0.05) is 18.0 Å². The fourth-order valence-corrected chi connectivity index (χ4v) is 4.26. The highest BCUT2D eigenvalue weighted by Gasteiger charge is 2.25. The summed E-state index contributed by atoms with van der Waals surface area (Å²) in [7, 11) is 2.00. The van der Waals surface area contributed by atoms with Crippen molar-refractivity contribution in [3.05, 3.63) is 53.6 Å². The zero-order valence-corrected chi connectivity index (χ0v) is 16.5. The molecule has 2 N–H and O–H groups in total. The van der Waals surface area contributed by atoms with Crippen molar-refractivity contribution in [2.75, 3.05) is 0 Å². The van der Waals surface area contributed by atoms with Gasteiger partial charge in [-0.1, -0.05) is 38.5 Å². The Morgan fingerprint density at radius 1 is 1.21 bits per heavy atom. The van der Waals surface area contributed by atoms with Gasteiger partial charge in [-0.25, -0.2) is 9.78 Å². The second kappa shape index (κ2) is 7.15. The van der Waals surface area contributed by atoms with Crippen LogP contribution in [0.2, 0.25) is 0 Å². The van der Waals surface area contributed by atoms with Gasteiger partial charge in [0.05, 0.1) is 22.3 Å². The van der Waals surface area contributed by atoms with E-state index in [1.807, 2.05) is 37.4 Å². The van der Waals surface area contributed by atoms with E-state index in [0.717, 1.165) is 52.7 Å². The quantitative estimate of drug-likeness (QED) is 0.453. The van der Waals surface area contributed by atoms with Crippen molar-refractivity contribution in [3.8, 4) is 11.5 Å². The van der Waals surface area contributed by atoms with Gasteiger partial charge >= 0.3 is 5.97 Å². The van der Waals surface area contributed by atoms with Crippen molar-refractivity contribution in [2.45, 2.75) is 39.0 Å². The van der Waals surface area contributed by atoms with Gasteiger partial charge in [-0.3, -0.25) is 0 Å². The number of carbonyl (C=O) groups is 1. The third-order valence-corrected chi connectivity index (χ3v) is 5.64. The van der Waals surface area contributed by atoms with Gasteiger partial charge in [-0.2, -0.15) is 0 Å². The van der Waals surface area contributed by atoms with Crippen molar-refractivity contribution < 1.29 is 9.90 Å². The Labute approximate surface area is 164 Å². The first-order valence-corrected chi connectivity index (χ1v) is 9.85. The van der Waals surface area contributed by atoms with Crippen LogP contribution in [0.5, 0.6) is 0 Å². The molecule has 0 spiro atoms. The number of rotatable bonds is 6. The molecule has 2 aromatic heterocycles. The number of aromatic carboxylic acids is 1. The van der Waals surface area contributed by atoms with Crippen LogP contribution in [-0.4, -0.2) is 25.6 Å². The first kappa shape index (κ1) is 18.3. The van der Waals surface area contributed by atoms with Gasteiger partial charge in [-0.15, -0.1) is 0 Å². The predicted octanol–water partition coefficient (Wildman–Crippen LogP) is 5.71. The number of benzene rings is 2. The SMILES string of the molecule is CCCC(CC)c1c(-c2nc3ccccc3[nH]2)n(C)c2cc(C(=O)O)ccc12. The maximum absolute atomic E-state index is 11.5. The smallest absolute Gasteiger partial charge is 0.335 e. The standard InChI is InChI=1S/C23H25N3O2/c1-4-8-14(5-2)20-16-12-11-15(23(27)28)13-19(16)26(3)21(20)22-24-17-9-6-7-10-18(17)25-22/h6-7,9-14H,4-5,8H2,1-3H3,(H,24,25)(H,27,28). The first-order valence-electron chi connectivity index (χ1n) is 9.85. The average Bonchev–Trinajstić information content (AvgIpc) is 3.24. The molecular weight excluding hydrogens is 350 g/mol. The number of aromatic amines is 1. The molecule has 0 saturated heterocycles. The lowest BCUT2D eigenvalue weighted by Crippen LogP contribution is -2.01. The molecule has 0 aliphatic heterocycles. The second-order valence-corrected chi connectivity index (χ2v) is 7.35. The van der Waals surface area contributed by atoms with E-state index in [4.69, 9.17) is 4.98 Å². The molecule has 4 rings (SSSR count). The maximum atomic E-state index is 11.5. The van der Waals surface area contributed by atoms with Crippen molar-refractivity contribution in [1.29, 1.82) is 0 Å². The highest BCUT2D eigenvalue weighted by atomic mass is 16.4. The van der Waals surface area contributed by atoms with Crippen molar-refractivity contribution in [3.63, 3.8) is 0 Å². The van der Waals surface area contributed by atoms with E-state index in [0.29, 0.717) is 11.5 Å². The summed E-state index contributed by atoms with van der Waals surface area (Å²) in [5.74, 6) is 0.324. The zero-order chi connectivity index (χ0) is 19.8. The van der Waals surface area contributed by atoms with Gasteiger partial charge in [0.25, 0.3) is 0 Å². The molecular formula is C23H25N3O2. The molecule has 144 valence electrons. The highest BCUT2D eigenvalue weighted by molar-refractivity contribution is 5.98.